The quantitative estimate of drug-likeness (QED) is 0.548. The van der Waals surface area contributed by atoms with Crippen molar-refractivity contribution in [3.05, 3.63) is 65.8 Å². The average Bonchev–Trinajstić information content (AvgIpc) is 3.35. The van der Waals surface area contributed by atoms with Crippen LogP contribution in [0.25, 0.3) is 16.5 Å². The number of nitrogens with two attached hydrogens (primary N) is 1. The van der Waals surface area contributed by atoms with Crippen LogP contribution in [0.5, 0.6) is 0 Å². The molecular weight excluding hydrogens is 338 g/mol. The third-order valence-corrected chi connectivity index (χ3v) is 5.68. The molecule has 3 aromatic rings. The van der Waals surface area contributed by atoms with Gasteiger partial charge in [-0.25, -0.2) is 0 Å². The topological polar surface area (TPSA) is 64.4 Å². The molecule has 1 aliphatic heterocycles. The summed E-state index contributed by atoms with van der Waals surface area (Å²) >= 11 is 0. The van der Waals surface area contributed by atoms with Crippen molar-refractivity contribution >= 4 is 22.3 Å². The Bertz CT molecular complexity index is 998. The Hall–Kier alpha value is -2.79. The number of furan rings is 1. The average molecular weight is 363 g/mol. The van der Waals surface area contributed by atoms with Gasteiger partial charge in [0.05, 0.1) is 17.3 Å². The highest BCUT2D eigenvalue weighted by molar-refractivity contribution is 6.11. The molecule has 0 saturated heterocycles. The molecule has 140 valence electrons. The third kappa shape index (κ3) is 3.19. The Morgan fingerprint density at radius 2 is 2.15 bits per heavy atom. The predicted octanol–water partition coefficient (Wildman–Crippen LogP) is 4.07. The van der Waals surface area contributed by atoms with Crippen molar-refractivity contribution in [2.24, 2.45) is 0 Å². The minimum absolute atomic E-state index is 0.0399. The fourth-order valence-corrected chi connectivity index (χ4v) is 3.80. The van der Waals surface area contributed by atoms with Crippen LogP contribution in [0.1, 0.15) is 48.2 Å². The van der Waals surface area contributed by atoms with Gasteiger partial charge in [0.15, 0.2) is 5.78 Å². The molecule has 0 radical (unpaired) electrons. The number of hydrogen-bond acceptors (Lipinski definition) is 4. The van der Waals surface area contributed by atoms with Crippen LogP contribution in [0.2, 0.25) is 0 Å². The fraction of sp³-hybridized carbons (Fsp3) is 0.318. The lowest BCUT2D eigenvalue weighted by molar-refractivity contribution is 0.103. The second-order valence-electron chi connectivity index (χ2n) is 7.25. The van der Waals surface area contributed by atoms with Gasteiger partial charge < -0.3 is 10.3 Å². The number of ketones is 1. The van der Waals surface area contributed by atoms with Crippen molar-refractivity contribution < 1.29 is 9.21 Å². The molecule has 2 aromatic heterocycles. The van der Waals surface area contributed by atoms with E-state index in [1.807, 2.05) is 24.4 Å². The lowest BCUT2D eigenvalue weighted by atomic mass is 9.96. The standard InChI is InChI=1S/C22H25N3O2/c1-3-15(2)24-9-6-16(7-10-24)20-13-25(23)21-5-4-17(12-19(20)21)22(26)18-8-11-27-14-18/h4-6,8,11-15H,3,7,9-10,23H2,1-2H3. The molecule has 1 aliphatic rings. The largest absolute Gasteiger partial charge is 0.472 e. The van der Waals surface area contributed by atoms with E-state index in [2.05, 4.69) is 24.8 Å². The first-order valence-electron chi connectivity index (χ1n) is 9.49. The molecule has 5 nitrogen and oxygen atoms in total. The second-order valence-corrected chi connectivity index (χ2v) is 7.25. The molecule has 1 aromatic carbocycles. The molecular formula is C22H25N3O2. The van der Waals surface area contributed by atoms with Crippen molar-refractivity contribution in [1.82, 2.24) is 9.58 Å². The molecule has 5 heteroatoms. The predicted molar refractivity (Wildman–Crippen MR) is 108 cm³/mol. The Labute approximate surface area is 159 Å². The summed E-state index contributed by atoms with van der Waals surface area (Å²) in [6.45, 7) is 6.50. The zero-order chi connectivity index (χ0) is 19.0. The van der Waals surface area contributed by atoms with Crippen molar-refractivity contribution in [3.63, 3.8) is 0 Å². The van der Waals surface area contributed by atoms with Crippen LogP contribution in [-0.4, -0.2) is 34.5 Å². The number of hydrogen-bond donors (Lipinski definition) is 1. The molecule has 0 amide bonds. The summed E-state index contributed by atoms with van der Waals surface area (Å²) in [6.07, 6.45) is 9.42. The van der Waals surface area contributed by atoms with E-state index < -0.39 is 0 Å². The highest BCUT2D eigenvalue weighted by atomic mass is 16.3. The zero-order valence-electron chi connectivity index (χ0n) is 15.8. The van der Waals surface area contributed by atoms with Crippen molar-refractivity contribution in [3.8, 4) is 0 Å². The molecule has 3 heterocycles. The van der Waals surface area contributed by atoms with Crippen LogP contribution in [0, 0.1) is 0 Å². The van der Waals surface area contributed by atoms with Gasteiger partial charge in [-0.1, -0.05) is 13.0 Å². The summed E-state index contributed by atoms with van der Waals surface area (Å²) in [7, 11) is 0. The monoisotopic (exact) mass is 363 g/mol. The molecule has 4 rings (SSSR count). The molecule has 0 bridgehead atoms. The van der Waals surface area contributed by atoms with Crippen LogP contribution in [0.15, 0.2) is 53.5 Å². The number of benzene rings is 1. The lowest BCUT2D eigenvalue weighted by Gasteiger charge is -2.31. The Morgan fingerprint density at radius 1 is 1.30 bits per heavy atom. The normalized spacial score (nSPS) is 16.4. The van der Waals surface area contributed by atoms with Crippen molar-refractivity contribution in [2.75, 3.05) is 18.9 Å². The van der Waals surface area contributed by atoms with Gasteiger partial charge in [-0.3, -0.25) is 14.4 Å². The lowest BCUT2D eigenvalue weighted by Crippen LogP contribution is -2.35. The summed E-state index contributed by atoms with van der Waals surface area (Å²) < 4.78 is 6.70. The summed E-state index contributed by atoms with van der Waals surface area (Å²) in [5.74, 6) is 6.14. The van der Waals surface area contributed by atoms with E-state index in [1.54, 1.807) is 10.7 Å². The number of carbonyl (C=O) groups is 1. The van der Waals surface area contributed by atoms with E-state index in [4.69, 9.17) is 10.3 Å². The minimum atomic E-state index is -0.0399. The molecule has 2 N–H and O–H groups in total. The van der Waals surface area contributed by atoms with Crippen LogP contribution >= 0.6 is 0 Å². The molecule has 0 saturated carbocycles. The third-order valence-electron chi connectivity index (χ3n) is 5.68. The molecule has 1 atom stereocenters. The molecule has 27 heavy (non-hydrogen) atoms. The van der Waals surface area contributed by atoms with E-state index in [-0.39, 0.29) is 5.78 Å². The molecule has 0 spiro atoms. The van der Waals surface area contributed by atoms with Gasteiger partial charge in [0.1, 0.15) is 6.26 Å². The van der Waals surface area contributed by atoms with Gasteiger partial charge in [-0.15, -0.1) is 0 Å². The van der Waals surface area contributed by atoms with Gasteiger partial charge in [0.25, 0.3) is 0 Å². The van der Waals surface area contributed by atoms with Gasteiger partial charge in [-0.2, -0.15) is 0 Å². The maximum Gasteiger partial charge on any atom is 0.196 e. The number of nitrogens with zero attached hydrogens (tertiary/aromatic N) is 2. The van der Waals surface area contributed by atoms with Gasteiger partial charge in [0, 0.05) is 41.8 Å². The Morgan fingerprint density at radius 3 is 2.81 bits per heavy atom. The van der Waals surface area contributed by atoms with Gasteiger partial charge in [0.2, 0.25) is 0 Å². The zero-order valence-corrected chi connectivity index (χ0v) is 15.8. The summed E-state index contributed by atoms with van der Waals surface area (Å²) in [6, 6.07) is 7.98. The van der Waals surface area contributed by atoms with Crippen molar-refractivity contribution in [1.29, 1.82) is 0 Å². The second kappa shape index (κ2) is 7.08. The van der Waals surface area contributed by atoms with Crippen LogP contribution in [0.3, 0.4) is 0 Å². The Kier molecular flexibility index (Phi) is 4.62. The summed E-state index contributed by atoms with van der Waals surface area (Å²) in [5, 5.41) is 1.02. The summed E-state index contributed by atoms with van der Waals surface area (Å²) in [5.41, 5.74) is 4.56. The maximum absolute atomic E-state index is 12.7. The number of fused-ring (bicyclic) bond motifs is 1. The van der Waals surface area contributed by atoms with Crippen LogP contribution in [0.4, 0.5) is 0 Å². The number of carbonyl (C=O) groups excluding carboxylic acids is 1. The summed E-state index contributed by atoms with van der Waals surface area (Å²) in [4.78, 5) is 15.2. The van der Waals surface area contributed by atoms with E-state index in [1.165, 1.54) is 18.1 Å². The maximum atomic E-state index is 12.7. The van der Waals surface area contributed by atoms with E-state index in [0.717, 1.165) is 42.4 Å². The first-order chi connectivity index (χ1) is 13.1. The van der Waals surface area contributed by atoms with Crippen molar-refractivity contribution in [2.45, 2.75) is 32.7 Å². The van der Waals surface area contributed by atoms with Crippen LogP contribution in [-0.2, 0) is 0 Å². The SMILES string of the molecule is CCC(C)N1CC=C(c2cn(N)c3ccc(C(=O)c4ccoc4)cc23)CC1. The number of rotatable bonds is 5. The van der Waals surface area contributed by atoms with Gasteiger partial charge in [-0.05, 0) is 49.6 Å². The molecule has 0 aliphatic carbocycles. The highest BCUT2D eigenvalue weighted by Crippen LogP contribution is 2.31. The highest BCUT2D eigenvalue weighted by Gasteiger charge is 2.20. The van der Waals surface area contributed by atoms with Gasteiger partial charge >= 0.3 is 0 Å². The van der Waals surface area contributed by atoms with E-state index in [0.29, 0.717) is 17.2 Å². The number of aromatic nitrogens is 1. The first kappa shape index (κ1) is 17.6. The molecule has 0 fully saturated rings. The van der Waals surface area contributed by atoms with E-state index in [9.17, 15) is 4.79 Å². The van der Waals surface area contributed by atoms with Crippen LogP contribution < -0.4 is 5.84 Å². The molecule has 1 unspecified atom stereocenters. The Balaban J connectivity index is 1.70. The van der Waals surface area contributed by atoms with E-state index >= 15 is 0 Å². The first-order valence-corrected chi connectivity index (χ1v) is 9.49. The smallest absolute Gasteiger partial charge is 0.196 e. The minimum Gasteiger partial charge on any atom is -0.472 e. The number of nitrogen functional groups attached to an aromatic ring is 1. The fourth-order valence-electron chi connectivity index (χ4n) is 3.80.